The zero-order chi connectivity index (χ0) is 13.1. The summed E-state index contributed by atoms with van der Waals surface area (Å²) < 4.78 is 0. The lowest BCUT2D eigenvalue weighted by Crippen LogP contribution is -2.10. The number of aromatic nitrogens is 2. The second kappa shape index (κ2) is 5.37. The molecule has 0 spiro atoms. The molecular formula is C13H16N4S. The molecule has 0 radical (unpaired) electrons. The number of hydrogen-bond acceptors (Lipinski definition) is 5. The number of nitrogens with two attached hydrogens (primary N) is 1. The van der Waals surface area contributed by atoms with Crippen LogP contribution in [0.3, 0.4) is 0 Å². The summed E-state index contributed by atoms with van der Waals surface area (Å²) in [5.41, 5.74) is 6.06. The topological polar surface area (TPSA) is 63.8 Å². The first-order valence-corrected chi connectivity index (χ1v) is 6.47. The van der Waals surface area contributed by atoms with Gasteiger partial charge in [-0.3, -0.25) is 0 Å². The smallest absolute Gasteiger partial charge is 0.147 e. The minimum atomic E-state index is 0.664. The quantitative estimate of drug-likeness (QED) is 0.505. The fraction of sp³-hybridized carbons (Fsp3) is 0.231. The van der Waals surface area contributed by atoms with Gasteiger partial charge < -0.3 is 5.43 Å². The van der Waals surface area contributed by atoms with E-state index in [9.17, 15) is 0 Å². The Bertz CT molecular complexity index is 569. The molecule has 0 aliphatic rings. The van der Waals surface area contributed by atoms with Gasteiger partial charge in [0.2, 0.25) is 0 Å². The van der Waals surface area contributed by atoms with Crippen LogP contribution in [0, 0.1) is 20.8 Å². The van der Waals surface area contributed by atoms with Crippen LogP contribution in [0.4, 0.5) is 5.82 Å². The summed E-state index contributed by atoms with van der Waals surface area (Å²) in [4.78, 5) is 9.58. The molecule has 5 heteroatoms. The zero-order valence-electron chi connectivity index (χ0n) is 10.7. The lowest BCUT2D eigenvalue weighted by molar-refractivity contribution is 0.995. The summed E-state index contributed by atoms with van der Waals surface area (Å²) in [6, 6.07) is 6.39. The van der Waals surface area contributed by atoms with E-state index in [4.69, 9.17) is 5.84 Å². The van der Waals surface area contributed by atoms with Gasteiger partial charge in [0.1, 0.15) is 17.2 Å². The Hall–Kier alpha value is -1.59. The van der Waals surface area contributed by atoms with Crippen molar-refractivity contribution >= 4 is 17.6 Å². The lowest BCUT2D eigenvalue weighted by Gasteiger charge is -2.10. The van der Waals surface area contributed by atoms with Crippen molar-refractivity contribution in [1.82, 2.24) is 9.97 Å². The van der Waals surface area contributed by atoms with Crippen LogP contribution >= 0.6 is 11.8 Å². The van der Waals surface area contributed by atoms with Gasteiger partial charge in [-0.2, -0.15) is 0 Å². The van der Waals surface area contributed by atoms with E-state index in [0.717, 1.165) is 10.6 Å². The van der Waals surface area contributed by atoms with E-state index in [2.05, 4.69) is 47.4 Å². The number of anilines is 1. The van der Waals surface area contributed by atoms with Crippen LogP contribution in [0.15, 0.2) is 34.4 Å². The molecule has 18 heavy (non-hydrogen) atoms. The van der Waals surface area contributed by atoms with Crippen LogP contribution in [0.2, 0.25) is 0 Å². The Morgan fingerprint density at radius 2 is 1.94 bits per heavy atom. The molecule has 0 aliphatic carbocycles. The molecule has 2 rings (SSSR count). The van der Waals surface area contributed by atoms with Crippen LogP contribution < -0.4 is 11.3 Å². The maximum Gasteiger partial charge on any atom is 0.147 e. The highest BCUT2D eigenvalue weighted by molar-refractivity contribution is 7.99. The molecule has 0 atom stereocenters. The van der Waals surface area contributed by atoms with Crippen LogP contribution in [0.25, 0.3) is 0 Å². The lowest BCUT2D eigenvalue weighted by atomic mass is 10.2. The van der Waals surface area contributed by atoms with Gasteiger partial charge in [0.05, 0.1) is 0 Å². The van der Waals surface area contributed by atoms with E-state index in [-0.39, 0.29) is 0 Å². The zero-order valence-corrected chi connectivity index (χ0v) is 11.5. The summed E-state index contributed by atoms with van der Waals surface area (Å²) in [5, 5.41) is 0.921. The summed E-state index contributed by atoms with van der Waals surface area (Å²) >= 11 is 1.63. The van der Waals surface area contributed by atoms with Crippen LogP contribution in [-0.4, -0.2) is 9.97 Å². The normalized spacial score (nSPS) is 10.4. The molecule has 0 bridgehead atoms. The van der Waals surface area contributed by atoms with Gasteiger partial charge in [0, 0.05) is 10.5 Å². The Kier molecular flexibility index (Phi) is 3.84. The highest BCUT2D eigenvalue weighted by atomic mass is 32.2. The predicted octanol–water partition coefficient (Wildman–Crippen LogP) is 2.84. The Labute approximate surface area is 111 Å². The van der Waals surface area contributed by atoms with E-state index in [0.29, 0.717) is 5.82 Å². The molecule has 1 aromatic carbocycles. The first kappa shape index (κ1) is 12.9. The number of rotatable bonds is 3. The average Bonchev–Trinajstić information content (AvgIpc) is 2.35. The molecule has 0 fully saturated rings. The summed E-state index contributed by atoms with van der Waals surface area (Å²) in [6.07, 6.45) is 1.52. The summed E-state index contributed by atoms with van der Waals surface area (Å²) in [7, 11) is 0. The molecule has 0 unspecified atom stereocenters. The third kappa shape index (κ3) is 2.63. The standard InChI is InChI=1S/C13H16N4S/c1-8-4-5-11(9(2)6-8)18-13-10(3)12(17-14)15-7-16-13/h4-7H,14H2,1-3H3,(H,15,16,17). The maximum atomic E-state index is 5.41. The number of nitrogens with one attached hydrogen (secondary N) is 1. The van der Waals surface area contributed by atoms with Crippen LogP contribution in [0.5, 0.6) is 0 Å². The van der Waals surface area contributed by atoms with Crippen molar-refractivity contribution < 1.29 is 0 Å². The van der Waals surface area contributed by atoms with Crippen molar-refractivity contribution in [3.8, 4) is 0 Å². The third-order valence-electron chi connectivity index (χ3n) is 2.71. The highest BCUT2D eigenvalue weighted by Crippen LogP contribution is 2.32. The summed E-state index contributed by atoms with van der Waals surface area (Å²) in [6.45, 7) is 6.16. The fourth-order valence-corrected chi connectivity index (χ4v) is 2.61. The van der Waals surface area contributed by atoms with E-state index >= 15 is 0 Å². The highest BCUT2D eigenvalue weighted by Gasteiger charge is 2.09. The molecule has 0 saturated carbocycles. The van der Waals surface area contributed by atoms with Gasteiger partial charge in [-0.1, -0.05) is 29.5 Å². The van der Waals surface area contributed by atoms with Crippen molar-refractivity contribution in [1.29, 1.82) is 0 Å². The third-order valence-corrected chi connectivity index (χ3v) is 3.99. The number of nitrogens with zero attached hydrogens (tertiary/aromatic N) is 2. The molecule has 0 amide bonds. The van der Waals surface area contributed by atoms with Crippen molar-refractivity contribution in [2.45, 2.75) is 30.7 Å². The van der Waals surface area contributed by atoms with Gasteiger partial charge in [-0.15, -0.1) is 0 Å². The van der Waals surface area contributed by atoms with E-state index in [1.807, 2.05) is 6.92 Å². The Balaban J connectivity index is 2.34. The number of hydrogen-bond donors (Lipinski definition) is 2. The monoisotopic (exact) mass is 260 g/mol. The molecule has 1 heterocycles. The first-order valence-electron chi connectivity index (χ1n) is 5.65. The fourth-order valence-electron chi connectivity index (χ4n) is 1.70. The molecule has 0 saturated heterocycles. The molecule has 4 nitrogen and oxygen atoms in total. The van der Waals surface area contributed by atoms with Crippen molar-refractivity contribution in [2.75, 3.05) is 5.43 Å². The largest absolute Gasteiger partial charge is 0.308 e. The number of hydrazine groups is 1. The number of benzene rings is 1. The molecule has 0 aliphatic heterocycles. The molecule has 1 aromatic heterocycles. The van der Waals surface area contributed by atoms with Crippen LogP contribution in [0.1, 0.15) is 16.7 Å². The number of nitrogen functional groups attached to an aromatic ring is 1. The average molecular weight is 260 g/mol. The van der Waals surface area contributed by atoms with Crippen LogP contribution in [-0.2, 0) is 0 Å². The van der Waals surface area contributed by atoms with Gasteiger partial charge in [-0.25, -0.2) is 15.8 Å². The molecule has 2 aromatic rings. The minimum absolute atomic E-state index is 0.664. The SMILES string of the molecule is Cc1ccc(Sc2ncnc(NN)c2C)c(C)c1. The first-order chi connectivity index (χ1) is 8.61. The second-order valence-corrected chi connectivity index (χ2v) is 5.20. The maximum absolute atomic E-state index is 5.41. The van der Waals surface area contributed by atoms with Crippen molar-refractivity contribution in [2.24, 2.45) is 5.84 Å². The van der Waals surface area contributed by atoms with Gasteiger partial charge >= 0.3 is 0 Å². The molecular weight excluding hydrogens is 244 g/mol. The van der Waals surface area contributed by atoms with Gasteiger partial charge in [0.25, 0.3) is 0 Å². The molecule has 3 N–H and O–H groups in total. The summed E-state index contributed by atoms with van der Waals surface area (Å²) in [5.74, 6) is 6.08. The van der Waals surface area contributed by atoms with Crippen molar-refractivity contribution in [3.05, 3.63) is 41.2 Å². The Morgan fingerprint density at radius 3 is 2.61 bits per heavy atom. The predicted molar refractivity (Wildman–Crippen MR) is 74.6 cm³/mol. The van der Waals surface area contributed by atoms with Gasteiger partial charge in [0.15, 0.2) is 0 Å². The second-order valence-electron chi connectivity index (χ2n) is 4.17. The van der Waals surface area contributed by atoms with Crippen molar-refractivity contribution in [3.63, 3.8) is 0 Å². The van der Waals surface area contributed by atoms with E-state index in [1.54, 1.807) is 11.8 Å². The number of aryl methyl sites for hydroxylation is 2. The molecule has 94 valence electrons. The van der Waals surface area contributed by atoms with Gasteiger partial charge in [-0.05, 0) is 32.4 Å². The Morgan fingerprint density at radius 1 is 1.17 bits per heavy atom. The van der Waals surface area contributed by atoms with E-state index < -0.39 is 0 Å². The van der Waals surface area contributed by atoms with E-state index in [1.165, 1.54) is 22.3 Å². The minimum Gasteiger partial charge on any atom is -0.308 e.